The van der Waals surface area contributed by atoms with E-state index in [1.165, 1.54) is 24.3 Å². The molecule has 0 bridgehead atoms. The first-order chi connectivity index (χ1) is 13.2. The van der Waals surface area contributed by atoms with Crippen LogP contribution in [0.5, 0.6) is 0 Å². The number of non-ortho nitro benzene ring substituents is 2. The van der Waals surface area contributed by atoms with Gasteiger partial charge >= 0.3 is 51.4 Å². The van der Waals surface area contributed by atoms with Crippen LogP contribution in [-0.2, 0) is 0 Å². The van der Waals surface area contributed by atoms with Crippen LogP contribution in [0, 0.1) is 26.0 Å². The van der Waals surface area contributed by atoms with Gasteiger partial charge in [-0.15, -0.1) is 0 Å². The van der Waals surface area contributed by atoms with Crippen LogP contribution < -0.4 is 56.1 Å². The molecule has 4 radical (unpaired) electrons. The molecule has 31 heavy (non-hydrogen) atoms. The monoisotopic (exact) mass is 518 g/mol. The van der Waals surface area contributed by atoms with Crippen LogP contribution in [0.1, 0.15) is 7.43 Å². The summed E-state index contributed by atoms with van der Waals surface area (Å²) >= 11 is 5.49. The van der Waals surface area contributed by atoms with Crippen molar-refractivity contribution in [2.24, 2.45) is 9.31 Å². The van der Waals surface area contributed by atoms with Crippen molar-refractivity contribution in [3.05, 3.63) is 79.6 Å². The zero-order valence-electron chi connectivity index (χ0n) is 15.6. The molecular formula is C14H15B2ClF3KN4O4P2. The Kier molecular flexibility index (Phi) is 35.8. The van der Waals surface area contributed by atoms with E-state index in [1.54, 1.807) is 0 Å². The van der Waals surface area contributed by atoms with Gasteiger partial charge in [-0.2, -0.15) is 4.20 Å². The number of hydrogen-bond acceptors (Lipinski definition) is 6. The fraction of sp³-hybridized carbons (Fsp3) is 0.143. The first-order valence-corrected chi connectivity index (χ1v) is 9.14. The Morgan fingerprint density at radius 2 is 1.23 bits per heavy atom. The maximum absolute atomic E-state index is 12.1. The van der Waals surface area contributed by atoms with E-state index in [4.69, 9.17) is 11.6 Å². The van der Waals surface area contributed by atoms with E-state index in [-0.39, 0.29) is 74.9 Å². The Hall–Kier alpha value is -0.714. The minimum Gasteiger partial charge on any atom is -1.00 e. The number of benzene rings is 2. The number of nitrogens with zero attached hydrogens (tertiary/aromatic N) is 4. The van der Waals surface area contributed by atoms with Gasteiger partial charge in [0.25, 0.3) is 27.3 Å². The van der Waals surface area contributed by atoms with Crippen molar-refractivity contribution >= 4 is 56.0 Å². The van der Waals surface area contributed by atoms with Gasteiger partial charge in [0, 0.05) is 29.3 Å². The minimum absolute atomic E-state index is 0. The van der Waals surface area contributed by atoms with Crippen molar-refractivity contribution in [1.29, 1.82) is 0 Å². The minimum atomic E-state index is -0.599. The molecule has 0 saturated carbocycles. The van der Waals surface area contributed by atoms with E-state index in [9.17, 15) is 28.8 Å². The molecule has 0 atom stereocenters. The second-order valence-electron chi connectivity index (χ2n) is 3.97. The number of nitro groups is 2. The van der Waals surface area contributed by atoms with Crippen molar-refractivity contribution in [3.63, 3.8) is 0 Å². The molecule has 0 aliphatic heterocycles. The molecule has 0 aliphatic carbocycles. The van der Waals surface area contributed by atoms with E-state index < -0.39 is 24.3 Å². The van der Waals surface area contributed by atoms with Gasteiger partial charge in [0.2, 0.25) is 8.68 Å². The number of nitro benzene ring substituents is 2. The Morgan fingerprint density at radius 3 is 1.45 bits per heavy atom. The van der Waals surface area contributed by atoms with Gasteiger partial charge in [0.05, 0.1) is 9.85 Å². The maximum atomic E-state index is 12.1. The Balaban J connectivity index is -0.000000102. The van der Waals surface area contributed by atoms with Gasteiger partial charge < -0.3 is 14.0 Å². The van der Waals surface area contributed by atoms with E-state index in [0.29, 0.717) is 5.02 Å². The Labute approximate surface area is 231 Å². The predicted octanol–water partition coefficient (Wildman–Crippen LogP) is 0.540. The molecule has 8 nitrogen and oxygen atoms in total. The fourth-order valence-corrected chi connectivity index (χ4v) is 1.25. The van der Waals surface area contributed by atoms with Crippen LogP contribution in [0.25, 0.3) is 0 Å². The third-order valence-electron chi connectivity index (χ3n) is 2.23. The second-order valence-corrected chi connectivity index (χ2v) is 5.42. The summed E-state index contributed by atoms with van der Waals surface area (Å²) in [6.07, 6.45) is 0. The van der Waals surface area contributed by atoms with E-state index in [1.807, 2.05) is 6.66 Å². The Bertz CT molecular complexity index is 710. The van der Waals surface area contributed by atoms with Crippen molar-refractivity contribution < 1.29 is 74.5 Å². The van der Waals surface area contributed by atoms with Gasteiger partial charge in [0.15, 0.2) is 0 Å². The molecule has 0 heterocycles. The summed E-state index contributed by atoms with van der Waals surface area (Å²) < 4.78 is 28.3. The first kappa shape index (κ1) is 40.6. The molecule has 2 aromatic carbocycles. The van der Waals surface area contributed by atoms with E-state index >= 15 is 0 Å². The second kappa shape index (κ2) is 27.3. The molecule has 0 N–H and O–H groups in total. The van der Waals surface area contributed by atoms with Gasteiger partial charge in [-0.3, -0.25) is 20.2 Å². The summed E-state index contributed by atoms with van der Waals surface area (Å²) in [7, 11) is 9.21. The van der Waals surface area contributed by atoms with E-state index in [0.717, 1.165) is 32.6 Å². The standard InChI is InChI=1S/C6H4ClNO2.C6H4FNO2.CH3BNP.CH4.BFNP.FH.K/c2*7-5-1-3-6(4-2-5)8(9)10;1-4-3-2;;1-3-4-2;;/h2*1-4H;1H3;1H4;;1H;/q;;;;;;+1/p-1. The summed E-state index contributed by atoms with van der Waals surface area (Å²) in [6, 6.07) is 10.0. The Morgan fingerprint density at radius 1 is 0.935 bits per heavy atom. The average molecular weight is 518 g/mol. The van der Waals surface area contributed by atoms with Crippen molar-refractivity contribution in [3.8, 4) is 0 Å². The van der Waals surface area contributed by atoms with Crippen LogP contribution in [0.2, 0.25) is 5.02 Å². The molecule has 2 rings (SSSR count). The molecule has 160 valence electrons. The van der Waals surface area contributed by atoms with Gasteiger partial charge in [-0.25, -0.2) is 4.39 Å². The molecule has 0 spiro atoms. The molecule has 0 aliphatic rings. The van der Waals surface area contributed by atoms with Crippen molar-refractivity contribution in [2.45, 2.75) is 7.43 Å². The largest absolute Gasteiger partial charge is 1.00 e. The first-order valence-electron chi connectivity index (χ1n) is 6.73. The topological polar surface area (TPSA) is 111 Å². The molecule has 0 saturated heterocycles. The van der Waals surface area contributed by atoms with Crippen molar-refractivity contribution in [1.82, 2.24) is 0 Å². The summed E-state index contributed by atoms with van der Waals surface area (Å²) in [4.78, 5) is 19.0. The molecule has 0 unspecified atom stereocenters. The van der Waals surface area contributed by atoms with Crippen LogP contribution in [0.3, 0.4) is 0 Å². The smallest absolute Gasteiger partial charge is 1.00 e. The number of halogens is 4. The quantitative estimate of drug-likeness (QED) is 0.250. The van der Waals surface area contributed by atoms with Crippen LogP contribution in [-0.4, -0.2) is 32.5 Å². The van der Waals surface area contributed by atoms with Gasteiger partial charge in [0.1, 0.15) is 5.82 Å². The van der Waals surface area contributed by atoms with Crippen molar-refractivity contribution in [2.75, 3.05) is 6.66 Å². The van der Waals surface area contributed by atoms with Crippen LogP contribution >= 0.6 is 28.7 Å². The zero-order valence-corrected chi connectivity index (χ0v) is 21.3. The fourth-order valence-electron chi connectivity index (χ4n) is 1.13. The number of hydrogen-bond donors (Lipinski definition) is 0. The third-order valence-corrected chi connectivity index (χ3v) is 2.80. The SMILES string of the molecule is C.O=[N+]([O-])c1ccc(Cl)cc1.O=[N+]([O-])c1ccc(F)cc1.[B]N=PC.[B]N=PF.[F-].[K+]. The van der Waals surface area contributed by atoms with E-state index in [2.05, 4.69) is 25.3 Å². The normalized spacial score (nSPS) is 8.39. The third kappa shape index (κ3) is 25.4. The summed E-state index contributed by atoms with van der Waals surface area (Å²) in [6.45, 7) is 1.86. The number of rotatable bonds is 2. The average Bonchev–Trinajstić information content (AvgIpc) is 2.69. The predicted molar refractivity (Wildman–Crippen MR) is 115 cm³/mol. The van der Waals surface area contributed by atoms with Crippen LogP contribution in [0.4, 0.5) is 20.0 Å². The molecule has 0 amide bonds. The van der Waals surface area contributed by atoms with Gasteiger partial charge in [-0.05, 0) is 39.3 Å². The maximum Gasteiger partial charge on any atom is 1.00 e. The summed E-state index contributed by atoms with van der Waals surface area (Å²) in [5.41, 5.74) is -0.0363. The molecule has 17 heteroatoms. The summed E-state index contributed by atoms with van der Waals surface area (Å²) in [5, 5.41) is 20.6. The van der Waals surface area contributed by atoms with Gasteiger partial charge in [-0.1, -0.05) is 19.0 Å². The molecule has 2 aromatic rings. The van der Waals surface area contributed by atoms with Crippen LogP contribution in [0.15, 0.2) is 57.8 Å². The molecular weight excluding hydrogens is 503 g/mol. The molecule has 0 aromatic heterocycles. The summed E-state index contributed by atoms with van der Waals surface area (Å²) in [5.74, 6) is -0.467. The zero-order chi connectivity index (χ0) is 21.9. The molecule has 0 fully saturated rings.